The molecule has 0 saturated carbocycles. The highest BCUT2D eigenvalue weighted by Gasteiger charge is 2.21. The van der Waals surface area contributed by atoms with Crippen LogP contribution >= 0.6 is 12.6 Å². The van der Waals surface area contributed by atoms with Gasteiger partial charge < -0.3 is 4.90 Å². The monoisotopic (exact) mass is 290 g/mol. The zero-order valence-electron chi connectivity index (χ0n) is 12.1. The Labute approximate surface area is 127 Å². The molecule has 1 aromatic carbocycles. The van der Waals surface area contributed by atoms with Crippen molar-refractivity contribution in [3.63, 3.8) is 0 Å². The first kappa shape index (κ1) is 16.6. The van der Waals surface area contributed by atoms with E-state index in [4.69, 9.17) is 5.26 Å². The lowest BCUT2D eigenvalue weighted by Gasteiger charge is -2.26. The summed E-state index contributed by atoms with van der Waals surface area (Å²) in [6.45, 7) is 5.29. The first-order chi connectivity index (χ1) is 9.54. The maximum absolute atomic E-state index is 12.4. The fourth-order valence-corrected chi connectivity index (χ4v) is 2.43. The van der Waals surface area contributed by atoms with Gasteiger partial charge in [0.25, 0.3) is 0 Å². The number of hydrogen-bond donors (Lipinski definition) is 1. The molecule has 0 bridgehead atoms. The van der Waals surface area contributed by atoms with Crippen molar-refractivity contribution in [1.29, 1.82) is 5.26 Å². The van der Waals surface area contributed by atoms with Crippen LogP contribution in [0.5, 0.6) is 0 Å². The van der Waals surface area contributed by atoms with E-state index in [1.807, 2.05) is 30.3 Å². The molecule has 20 heavy (non-hydrogen) atoms. The van der Waals surface area contributed by atoms with E-state index in [1.54, 1.807) is 4.90 Å². The molecular formula is C16H22N2OS. The van der Waals surface area contributed by atoms with E-state index in [0.717, 1.165) is 5.56 Å². The highest BCUT2D eigenvalue weighted by Crippen LogP contribution is 2.12. The maximum Gasteiger partial charge on any atom is 0.235 e. The zero-order chi connectivity index (χ0) is 15.0. The lowest BCUT2D eigenvalue weighted by Crippen LogP contribution is -2.40. The Kier molecular flexibility index (Phi) is 7.17. The Bertz CT molecular complexity index is 453. The summed E-state index contributed by atoms with van der Waals surface area (Å²) >= 11 is 4.45. The van der Waals surface area contributed by atoms with Gasteiger partial charge in [-0.05, 0) is 17.9 Å². The van der Waals surface area contributed by atoms with Gasteiger partial charge in [-0.2, -0.15) is 17.9 Å². The molecule has 1 unspecified atom stereocenters. The van der Waals surface area contributed by atoms with Gasteiger partial charge in [-0.15, -0.1) is 0 Å². The molecule has 3 nitrogen and oxygen atoms in total. The Morgan fingerprint density at radius 1 is 1.35 bits per heavy atom. The standard InChI is InChI=1S/C16H22N2OS/c1-13(2)12-18(10-6-9-17)16(19)15(20)11-14-7-4-3-5-8-14/h3-5,7-8,13,15,20H,6,10-12H2,1-2H3. The molecule has 108 valence electrons. The van der Waals surface area contributed by atoms with E-state index in [9.17, 15) is 4.79 Å². The molecule has 0 N–H and O–H groups in total. The molecule has 0 radical (unpaired) electrons. The van der Waals surface area contributed by atoms with E-state index in [-0.39, 0.29) is 11.2 Å². The number of rotatable bonds is 7. The number of thiol groups is 1. The van der Waals surface area contributed by atoms with Gasteiger partial charge in [0.15, 0.2) is 0 Å². The smallest absolute Gasteiger partial charge is 0.235 e. The molecule has 0 aliphatic carbocycles. The summed E-state index contributed by atoms with van der Waals surface area (Å²) in [5.41, 5.74) is 1.10. The van der Waals surface area contributed by atoms with Gasteiger partial charge in [0.1, 0.15) is 0 Å². The minimum absolute atomic E-state index is 0.0149. The average molecular weight is 290 g/mol. The van der Waals surface area contributed by atoms with Crippen LogP contribution in [0.4, 0.5) is 0 Å². The summed E-state index contributed by atoms with van der Waals surface area (Å²) < 4.78 is 0. The number of amides is 1. The average Bonchev–Trinajstić information content (AvgIpc) is 2.43. The second-order valence-electron chi connectivity index (χ2n) is 5.29. The molecule has 0 aliphatic heterocycles. The second kappa shape index (κ2) is 8.65. The fraction of sp³-hybridized carbons (Fsp3) is 0.500. The van der Waals surface area contributed by atoms with Crippen LogP contribution in [0.25, 0.3) is 0 Å². The van der Waals surface area contributed by atoms with Gasteiger partial charge in [-0.1, -0.05) is 44.2 Å². The summed E-state index contributed by atoms with van der Waals surface area (Å²) in [5, 5.41) is 8.35. The Morgan fingerprint density at radius 2 is 2.00 bits per heavy atom. The molecular weight excluding hydrogens is 268 g/mol. The van der Waals surface area contributed by atoms with Crippen LogP contribution in [-0.2, 0) is 11.2 Å². The Morgan fingerprint density at radius 3 is 2.55 bits per heavy atom. The molecule has 0 spiro atoms. The Hall–Kier alpha value is -1.47. The summed E-state index contributed by atoms with van der Waals surface area (Å²) in [4.78, 5) is 14.2. The molecule has 1 aromatic rings. The number of carbonyl (C=O) groups excluding carboxylic acids is 1. The van der Waals surface area contributed by atoms with Gasteiger partial charge >= 0.3 is 0 Å². The second-order valence-corrected chi connectivity index (χ2v) is 5.92. The topological polar surface area (TPSA) is 44.1 Å². The molecule has 0 fully saturated rings. The quantitative estimate of drug-likeness (QED) is 0.785. The predicted molar refractivity (Wildman–Crippen MR) is 84.6 cm³/mol. The molecule has 1 rings (SSSR count). The first-order valence-electron chi connectivity index (χ1n) is 6.92. The van der Waals surface area contributed by atoms with Crippen molar-refractivity contribution >= 4 is 18.5 Å². The lowest BCUT2D eigenvalue weighted by atomic mass is 10.1. The normalized spacial score (nSPS) is 11.9. The van der Waals surface area contributed by atoms with Crippen molar-refractivity contribution in [2.75, 3.05) is 13.1 Å². The van der Waals surface area contributed by atoms with Crippen LogP contribution in [0.3, 0.4) is 0 Å². The van der Waals surface area contributed by atoms with Crippen LogP contribution in [-0.4, -0.2) is 29.1 Å². The Balaban J connectivity index is 2.65. The van der Waals surface area contributed by atoms with Crippen LogP contribution in [0.15, 0.2) is 30.3 Å². The zero-order valence-corrected chi connectivity index (χ0v) is 13.0. The van der Waals surface area contributed by atoms with Crippen molar-refractivity contribution in [1.82, 2.24) is 4.90 Å². The maximum atomic E-state index is 12.4. The summed E-state index contributed by atoms with van der Waals surface area (Å²) in [6, 6.07) is 12.0. The third-order valence-electron chi connectivity index (χ3n) is 2.95. The van der Waals surface area contributed by atoms with Crippen molar-refractivity contribution in [2.24, 2.45) is 5.92 Å². The van der Waals surface area contributed by atoms with Gasteiger partial charge in [0.2, 0.25) is 5.91 Å². The minimum Gasteiger partial charge on any atom is -0.340 e. The van der Waals surface area contributed by atoms with E-state index in [1.165, 1.54) is 0 Å². The molecule has 0 saturated heterocycles. The number of nitriles is 1. The predicted octanol–water partition coefficient (Wildman–Crippen LogP) is 2.93. The number of benzene rings is 1. The van der Waals surface area contributed by atoms with Gasteiger partial charge in [-0.3, -0.25) is 4.79 Å². The van der Waals surface area contributed by atoms with E-state index >= 15 is 0 Å². The fourth-order valence-electron chi connectivity index (χ4n) is 2.05. The van der Waals surface area contributed by atoms with Gasteiger partial charge in [-0.25, -0.2) is 0 Å². The van der Waals surface area contributed by atoms with Crippen LogP contribution in [0.1, 0.15) is 25.8 Å². The molecule has 4 heteroatoms. The third-order valence-corrected chi connectivity index (χ3v) is 3.35. The van der Waals surface area contributed by atoms with Crippen molar-refractivity contribution in [3.05, 3.63) is 35.9 Å². The molecule has 0 aromatic heterocycles. The highest BCUT2D eigenvalue weighted by atomic mass is 32.1. The number of hydrogen-bond acceptors (Lipinski definition) is 3. The molecule has 1 amide bonds. The largest absolute Gasteiger partial charge is 0.340 e. The van der Waals surface area contributed by atoms with Gasteiger partial charge in [0.05, 0.1) is 17.7 Å². The highest BCUT2D eigenvalue weighted by molar-refractivity contribution is 7.81. The van der Waals surface area contributed by atoms with Gasteiger partial charge in [0, 0.05) is 13.1 Å². The summed E-state index contributed by atoms with van der Waals surface area (Å²) in [5.74, 6) is 0.399. The third kappa shape index (κ3) is 5.66. The molecule has 0 heterocycles. The summed E-state index contributed by atoms with van der Waals surface area (Å²) in [7, 11) is 0. The van der Waals surface area contributed by atoms with Crippen LogP contribution in [0, 0.1) is 17.2 Å². The van der Waals surface area contributed by atoms with Crippen LogP contribution < -0.4 is 0 Å². The van der Waals surface area contributed by atoms with Crippen LogP contribution in [0.2, 0.25) is 0 Å². The minimum atomic E-state index is -0.352. The first-order valence-corrected chi connectivity index (χ1v) is 7.44. The van der Waals surface area contributed by atoms with E-state index in [2.05, 4.69) is 32.5 Å². The molecule has 0 aliphatic rings. The SMILES string of the molecule is CC(C)CN(CCC#N)C(=O)C(S)Cc1ccccc1. The van der Waals surface area contributed by atoms with E-state index in [0.29, 0.717) is 31.8 Å². The van der Waals surface area contributed by atoms with Crippen molar-refractivity contribution in [3.8, 4) is 6.07 Å². The molecule has 1 atom stereocenters. The number of nitrogens with zero attached hydrogens (tertiary/aromatic N) is 2. The van der Waals surface area contributed by atoms with Crippen molar-refractivity contribution in [2.45, 2.75) is 31.9 Å². The summed E-state index contributed by atoms with van der Waals surface area (Å²) in [6.07, 6.45) is 0.980. The number of carbonyl (C=O) groups is 1. The lowest BCUT2D eigenvalue weighted by molar-refractivity contribution is -0.131. The van der Waals surface area contributed by atoms with E-state index < -0.39 is 0 Å². The van der Waals surface area contributed by atoms with Crippen molar-refractivity contribution < 1.29 is 4.79 Å².